The molecule has 2 amide bonds. The number of carbonyl (C=O) groups is 2. The molecule has 1 N–H and O–H groups in total. The zero-order valence-electron chi connectivity index (χ0n) is 16.3. The molecule has 2 rings (SSSR count). The predicted octanol–water partition coefficient (Wildman–Crippen LogP) is 3.03. The summed E-state index contributed by atoms with van der Waals surface area (Å²) in [4.78, 5) is 29.2. The number of hydrogen-bond donors (Lipinski definition) is 1. The summed E-state index contributed by atoms with van der Waals surface area (Å²) in [5.41, 5.74) is 2.61. The Bertz CT molecular complexity index is 647. The highest BCUT2D eigenvalue weighted by Crippen LogP contribution is 2.26. The van der Waals surface area contributed by atoms with E-state index in [4.69, 9.17) is 0 Å². The molecule has 1 aromatic rings. The molecule has 25 heavy (non-hydrogen) atoms. The highest BCUT2D eigenvalue weighted by atomic mass is 16.2. The summed E-state index contributed by atoms with van der Waals surface area (Å²) in [5.74, 6) is -0.0424. The molecule has 0 bridgehead atoms. The Hall–Kier alpha value is -1.88. The zero-order valence-corrected chi connectivity index (χ0v) is 16.3. The Kier molecular flexibility index (Phi) is 5.88. The van der Waals surface area contributed by atoms with Crippen LogP contribution in [-0.4, -0.2) is 48.3 Å². The second-order valence-corrected chi connectivity index (χ2v) is 8.34. The van der Waals surface area contributed by atoms with Gasteiger partial charge in [0.05, 0.1) is 0 Å². The van der Waals surface area contributed by atoms with Crippen LogP contribution in [-0.2, 0) is 16.1 Å². The van der Waals surface area contributed by atoms with Crippen molar-refractivity contribution in [2.75, 3.05) is 26.0 Å². The molecule has 1 aromatic carbocycles. The third-order valence-corrected chi connectivity index (χ3v) is 4.36. The van der Waals surface area contributed by atoms with Crippen LogP contribution in [0.5, 0.6) is 0 Å². The normalized spacial score (nSPS) is 17.9. The van der Waals surface area contributed by atoms with Gasteiger partial charge in [-0.1, -0.05) is 26.8 Å². The van der Waals surface area contributed by atoms with Crippen LogP contribution < -0.4 is 5.32 Å². The first-order chi connectivity index (χ1) is 11.6. The summed E-state index contributed by atoms with van der Waals surface area (Å²) >= 11 is 0. The maximum absolute atomic E-state index is 12.8. The Labute approximate surface area is 151 Å². The van der Waals surface area contributed by atoms with Crippen molar-refractivity contribution < 1.29 is 9.59 Å². The van der Waals surface area contributed by atoms with Crippen LogP contribution in [0.25, 0.3) is 0 Å². The van der Waals surface area contributed by atoms with Crippen LogP contribution in [0.1, 0.15) is 44.7 Å². The first-order valence-corrected chi connectivity index (χ1v) is 8.95. The van der Waals surface area contributed by atoms with Crippen molar-refractivity contribution in [1.29, 1.82) is 0 Å². The van der Waals surface area contributed by atoms with Gasteiger partial charge in [-0.2, -0.15) is 0 Å². The number of carbonyl (C=O) groups excluding carboxylic acids is 2. The SMILES string of the molecule is Cc1cc(CN(C)C)cc(NC(=O)C2CCCN2C(=O)C(C)(C)C)c1. The monoisotopic (exact) mass is 345 g/mol. The molecule has 1 unspecified atom stereocenters. The summed E-state index contributed by atoms with van der Waals surface area (Å²) in [6.07, 6.45) is 1.60. The maximum atomic E-state index is 12.8. The topological polar surface area (TPSA) is 52.7 Å². The number of aryl methyl sites for hydroxylation is 1. The molecule has 1 heterocycles. The second kappa shape index (κ2) is 7.56. The number of nitrogens with zero attached hydrogens (tertiary/aromatic N) is 2. The number of likely N-dealkylation sites (tertiary alicyclic amines) is 1. The van der Waals surface area contributed by atoms with Gasteiger partial charge in [0.2, 0.25) is 11.8 Å². The first kappa shape index (κ1) is 19.4. The van der Waals surface area contributed by atoms with Crippen LogP contribution in [0.15, 0.2) is 18.2 Å². The molecule has 5 nitrogen and oxygen atoms in total. The van der Waals surface area contributed by atoms with Gasteiger partial charge >= 0.3 is 0 Å². The lowest BCUT2D eigenvalue weighted by Crippen LogP contribution is -2.47. The van der Waals surface area contributed by atoms with Gasteiger partial charge in [-0.25, -0.2) is 0 Å². The largest absolute Gasteiger partial charge is 0.330 e. The molecule has 0 saturated carbocycles. The maximum Gasteiger partial charge on any atom is 0.247 e. The van der Waals surface area contributed by atoms with Gasteiger partial charge in [-0.3, -0.25) is 9.59 Å². The number of rotatable bonds is 4. The minimum absolute atomic E-state index is 0.0442. The molecule has 1 saturated heterocycles. The van der Waals surface area contributed by atoms with Crippen LogP contribution in [0.2, 0.25) is 0 Å². The van der Waals surface area contributed by atoms with E-state index in [1.165, 1.54) is 0 Å². The molecular formula is C20H31N3O2. The van der Waals surface area contributed by atoms with E-state index in [9.17, 15) is 9.59 Å². The van der Waals surface area contributed by atoms with E-state index in [2.05, 4.69) is 16.3 Å². The highest BCUT2D eigenvalue weighted by molar-refractivity contribution is 5.98. The van der Waals surface area contributed by atoms with E-state index in [1.807, 2.05) is 53.9 Å². The molecule has 1 aliphatic rings. The van der Waals surface area contributed by atoms with E-state index < -0.39 is 5.41 Å². The van der Waals surface area contributed by atoms with Crippen molar-refractivity contribution in [2.24, 2.45) is 5.41 Å². The fourth-order valence-corrected chi connectivity index (χ4v) is 3.33. The number of nitrogens with one attached hydrogen (secondary N) is 1. The molecule has 0 aliphatic carbocycles. The minimum atomic E-state index is -0.467. The second-order valence-electron chi connectivity index (χ2n) is 8.34. The fourth-order valence-electron chi connectivity index (χ4n) is 3.33. The quantitative estimate of drug-likeness (QED) is 0.912. The molecule has 0 aromatic heterocycles. The first-order valence-electron chi connectivity index (χ1n) is 8.95. The number of anilines is 1. The molecule has 0 spiro atoms. The lowest BCUT2D eigenvalue weighted by atomic mass is 9.94. The van der Waals surface area contributed by atoms with E-state index in [0.29, 0.717) is 6.54 Å². The number of hydrogen-bond acceptors (Lipinski definition) is 3. The van der Waals surface area contributed by atoms with Gasteiger partial charge < -0.3 is 15.1 Å². The third-order valence-electron chi connectivity index (χ3n) is 4.36. The van der Waals surface area contributed by atoms with Crippen molar-refractivity contribution >= 4 is 17.5 Å². The Balaban J connectivity index is 2.13. The standard InChI is InChI=1S/C20H31N3O2/c1-14-10-15(13-22(5)6)12-16(11-14)21-18(24)17-8-7-9-23(17)19(25)20(2,3)4/h10-12,17H,7-9,13H2,1-6H3,(H,21,24). The third kappa shape index (κ3) is 5.05. The van der Waals surface area contributed by atoms with Gasteiger partial charge in [0, 0.05) is 24.2 Å². The van der Waals surface area contributed by atoms with E-state index >= 15 is 0 Å². The fraction of sp³-hybridized carbons (Fsp3) is 0.600. The van der Waals surface area contributed by atoms with Gasteiger partial charge in [-0.15, -0.1) is 0 Å². The lowest BCUT2D eigenvalue weighted by molar-refractivity contribution is -0.143. The average Bonchev–Trinajstić information content (AvgIpc) is 2.93. The van der Waals surface area contributed by atoms with Crippen molar-refractivity contribution in [3.8, 4) is 0 Å². The highest BCUT2D eigenvalue weighted by Gasteiger charge is 2.38. The Morgan fingerprint density at radius 1 is 1.24 bits per heavy atom. The number of benzene rings is 1. The predicted molar refractivity (Wildman–Crippen MR) is 101 cm³/mol. The van der Waals surface area contributed by atoms with Crippen molar-refractivity contribution in [3.63, 3.8) is 0 Å². The Morgan fingerprint density at radius 3 is 2.52 bits per heavy atom. The number of amides is 2. The van der Waals surface area contributed by atoms with Gasteiger partial charge in [-0.05, 0) is 57.1 Å². The van der Waals surface area contributed by atoms with E-state index in [0.717, 1.165) is 36.2 Å². The molecule has 1 atom stereocenters. The summed E-state index contributed by atoms with van der Waals surface area (Å²) in [7, 11) is 4.05. The van der Waals surface area contributed by atoms with Gasteiger partial charge in [0.15, 0.2) is 0 Å². The van der Waals surface area contributed by atoms with Crippen molar-refractivity contribution in [3.05, 3.63) is 29.3 Å². The van der Waals surface area contributed by atoms with Crippen LogP contribution in [0, 0.1) is 12.3 Å². The minimum Gasteiger partial charge on any atom is -0.330 e. The van der Waals surface area contributed by atoms with E-state index in [-0.39, 0.29) is 17.9 Å². The van der Waals surface area contributed by atoms with Gasteiger partial charge in [0.1, 0.15) is 6.04 Å². The average molecular weight is 345 g/mol. The molecule has 138 valence electrons. The molecule has 1 fully saturated rings. The van der Waals surface area contributed by atoms with Crippen LogP contribution in [0.4, 0.5) is 5.69 Å². The molecule has 0 radical (unpaired) electrons. The van der Waals surface area contributed by atoms with E-state index in [1.54, 1.807) is 4.90 Å². The zero-order chi connectivity index (χ0) is 18.8. The summed E-state index contributed by atoms with van der Waals surface area (Å²) in [5, 5.41) is 3.02. The van der Waals surface area contributed by atoms with Gasteiger partial charge in [0.25, 0.3) is 0 Å². The van der Waals surface area contributed by atoms with Crippen molar-refractivity contribution in [1.82, 2.24) is 9.80 Å². The molecular weight excluding hydrogens is 314 g/mol. The molecule has 1 aliphatic heterocycles. The Morgan fingerprint density at radius 2 is 1.92 bits per heavy atom. The van der Waals surface area contributed by atoms with Crippen LogP contribution in [0.3, 0.4) is 0 Å². The summed E-state index contributed by atoms with van der Waals surface area (Å²) in [6, 6.07) is 5.74. The molecule has 5 heteroatoms. The lowest BCUT2D eigenvalue weighted by Gasteiger charge is -2.30. The van der Waals surface area contributed by atoms with Crippen molar-refractivity contribution in [2.45, 2.75) is 53.1 Å². The summed E-state index contributed by atoms with van der Waals surface area (Å²) < 4.78 is 0. The smallest absolute Gasteiger partial charge is 0.247 e. The van der Waals surface area contributed by atoms with Crippen LogP contribution >= 0.6 is 0 Å². The summed E-state index contributed by atoms with van der Waals surface area (Å²) in [6.45, 7) is 9.21.